The van der Waals surface area contributed by atoms with Gasteiger partial charge in [0.2, 0.25) is 0 Å². The van der Waals surface area contributed by atoms with Crippen LogP contribution in [0.3, 0.4) is 0 Å². The summed E-state index contributed by atoms with van der Waals surface area (Å²) in [4.78, 5) is 16.8. The third-order valence-corrected chi connectivity index (χ3v) is 3.23. The van der Waals surface area contributed by atoms with Gasteiger partial charge < -0.3 is 4.90 Å². The van der Waals surface area contributed by atoms with Crippen LogP contribution in [0.2, 0.25) is 0 Å². The fourth-order valence-electron chi connectivity index (χ4n) is 2.20. The highest BCUT2D eigenvalue weighted by Crippen LogP contribution is 2.23. The predicted molar refractivity (Wildman–Crippen MR) is 68.9 cm³/mol. The zero-order valence-corrected chi connectivity index (χ0v) is 10.2. The SMILES string of the molecule is O=Cc1cc(-c2ccc(N3CC[C@H](F)C3)nc2)[nH]n1. The maximum absolute atomic E-state index is 13.1. The number of hydrogen-bond donors (Lipinski definition) is 1. The molecule has 0 spiro atoms. The van der Waals surface area contributed by atoms with Gasteiger partial charge in [0, 0.05) is 18.3 Å². The lowest BCUT2D eigenvalue weighted by molar-refractivity contribution is 0.111. The molecule has 1 aliphatic heterocycles. The van der Waals surface area contributed by atoms with Crippen LogP contribution >= 0.6 is 0 Å². The van der Waals surface area contributed by atoms with Crippen LogP contribution in [0.15, 0.2) is 24.4 Å². The zero-order chi connectivity index (χ0) is 13.2. The number of aromatic amines is 1. The van der Waals surface area contributed by atoms with E-state index in [1.165, 1.54) is 0 Å². The lowest BCUT2D eigenvalue weighted by Gasteiger charge is -2.16. The van der Waals surface area contributed by atoms with Gasteiger partial charge in [-0.1, -0.05) is 0 Å². The number of nitrogens with zero attached hydrogens (tertiary/aromatic N) is 3. The molecule has 0 saturated carbocycles. The Kier molecular flexibility index (Phi) is 2.98. The summed E-state index contributed by atoms with van der Waals surface area (Å²) in [6.07, 6.45) is 2.19. The molecule has 1 N–H and O–H groups in total. The number of alkyl halides is 1. The Labute approximate surface area is 109 Å². The number of carbonyl (C=O) groups excluding carboxylic acids is 1. The molecular weight excluding hydrogens is 247 g/mol. The van der Waals surface area contributed by atoms with Gasteiger partial charge in [-0.3, -0.25) is 9.89 Å². The molecule has 1 atom stereocenters. The number of aldehydes is 1. The Bertz CT molecular complexity index is 581. The van der Waals surface area contributed by atoms with Crippen molar-refractivity contribution in [3.05, 3.63) is 30.1 Å². The van der Waals surface area contributed by atoms with Gasteiger partial charge in [-0.2, -0.15) is 5.10 Å². The van der Waals surface area contributed by atoms with Gasteiger partial charge in [-0.25, -0.2) is 9.37 Å². The van der Waals surface area contributed by atoms with Crippen molar-refractivity contribution in [2.45, 2.75) is 12.6 Å². The molecule has 3 rings (SSSR count). The van der Waals surface area contributed by atoms with E-state index in [-0.39, 0.29) is 0 Å². The summed E-state index contributed by atoms with van der Waals surface area (Å²) in [5.74, 6) is 0.777. The first kappa shape index (κ1) is 11.8. The Morgan fingerprint density at radius 2 is 2.37 bits per heavy atom. The Morgan fingerprint density at radius 3 is 2.95 bits per heavy atom. The van der Waals surface area contributed by atoms with Crippen LogP contribution < -0.4 is 4.90 Å². The van der Waals surface area contributed by atoms with Gasteiger partial charge in [0.25, 0.3) is 0 Å². The van der Waals surface area contributed by atoms with Crippen molar-refractivity contribution >= 4 is 12.1 Å². The topological polar surface area (TPSA) is 61.9 Å². The van der Waals surface area contributed by atoms with E-state index in [1.54, 1.807) is 12.3 Å². The number of carbonyl (C=O) groups is 1. The van der Waals surface area contributed by atoms with Crippen LogP contribution in [0.5, 0.6) is 0 Å². The molecule has 2 aromatic heterocycles. The molecule has 3 heterocycles. The highest BCUT2D eigenvalue weighted by atomic mass is 19.1. The fraction of sp³-hybridized carbons (Fsp3) is 0.308. The van der Waals surface area contributed by atoms with Crippen LogP contribution in [0.25, 0.3) is 11.3 Å². The molecule has 0 aromatic carbocycles. The van der Waals surface area contributed by atoms with E-state index >= 15 is 0 Å². The third-order valence-electron chi connectivity index (χ3n) is 3.23. The minimum Gasteiger partial charge on any atom is -0.354 e. The summed E-state index contributed by atoms with van der Waals surface area (Å²) < 4.78 is 13.1. The molecule has 0 aliphatic carbocycles. The first-order valence-electron chi connectivity index (χ1n) is 6.12. The number of halogens is 1. The van der Waals surface area contributed by atoms with Gasteiger partial charge >= 0.3 is 0 Å². The number of aromatic nitrogens is 3. The summed E-state index contributed by atoms with van der Waals surface area (Å²) in [6.45, 7) is 1.11. The number of hydrogen-bond acceptors (Lipinski definition) is 4. The number of anilines is 1. The van der Waals surface area contributed by atoms with E-state index in [4.69, 9.17) is 0 Å². The van der Waals surface area contributed by atoms with Crippen molar-refractivity contribution in [3.8, 4) is 11.3 Å². The second-order valence-corrected chi connectivity index (χ2v) is 4.56. The number of pyridine rings is 1. The molecule has 0 radical (unpaired) electrons. The highest BCUT2D eigenvalue weighted by molar-refractivity contribution is 5.75. The highest BCUT2D eigenvalue weighted by Gasteiger charge is 2.22. The molecule has 0 bridgehead atoms. The molecule has 1 fully saturated rings. The van der Waals surface area contributed by atoms with Gasteiger partial charge in [0.05, 0.1) is 12.2 Å². The molecule has 19 heavy (non-hydrogen) atoms. The first-order chi connectivity index (χ1) is 9.26. The van der Waals surface area contributed by atoms with Gasteiger partial charge in [-0.15, -0.1) is 0 Å². The average Bonchev–Trinajstić information content (AvgIpc) is 3.07. The van der Waals surface area contributed by atoms with Crippen molar-refractivity contribution in [1.29, 1.82) is 0 Å². The van der Waals surface area contributed by atoms with E-state index in [2.05, 4.69) is 15.2 Å². The second-order valence-electron chi connectivity index (χ2n) is 4.56. The summed E-state index contributed by atoms with van der Waals surface area (Å²) >= 11 is 0. The molecule has 0 unspecified atom stereocenters. The van der Waals surface area contributed by atoms with Crippen LogP contribution in [0.4, 0.5) is 10.2 Å². The van der Waals surface area contributed by atoms with E-state index in [9.17, 15) is 9.18 Å². The Balaban J connectivity index is 1.80. The number of rotatable bonds is 3. The third kappa shape index (κ3) is 2.33. The normalized spacial score (nSPS) is 18.8. The van der Waals surface area contributed by atoms with Crippen LogP contribution in [0.1, 0.15) is 16.9 Å². The molecule has 1 saturated heterocycles. The predicted octanol–water partition coefficient (Wildman–Crippen LogP) is 1.83. The molecular formula is C13H13FN4O. The standard InChI is InChI=1S/C13H13FN4O/c14-10-3-4-18(7-10)13-2-1-9(6-15-13)12-5-11(8-19)16-17-12/h1-2,5-6,8,10H,3-4,7H2,(H,16,17)/t10-/m0/s1. The van der Waals surface area contributed by atoms with Crippen molar-refractivity contribution < 1.29 is 9.18 Å². The molecule has 98 valence electrons. The lowest BCUT2D eigenvalue weighted by atomic mass is 10.2. The minimum atomic E-state index is -0.760. The first-order valence-corrected chi connectivity index (χ1v) is 6.12. The summed E-state index contributed by atoms with van der Waals surface area (Å²) in [5, 5.41) is 6.61. The van der Waals surface area contributed by atoms with Crippen molar-refractivity contribution in [2.75, 3.05) is 18.0 Å². The second kappa shape index (κ2) is 4.79. The van der Waals surface area contributed by atoms with Crippen molar-refractivity contribution in [3.63, 3.8) is 0 Å². The van der Waals surface area contributed by atoms with Crippen LogP contribution in [-0.4, -0.2) is 40.7 Å². The van der Waals surface area contributed by atoms with Gasteiger partial charge in [0.1, 0.15) is 17.7 Å². The summed E-state index contributed by atoms with van der Waals surface area (Å²) in [5.41, 5.74) is 1.95. The summed E-state index contributed by atoms with van der Waals surface area (Å²) in [6, 6.07) is 5.40. The van der Waals surface area contributed by atoms with Crippen LogP contribution in [0, 0.1) is 0 Å². The van der Waals surface area contributed by atoms with E-state index in [0.29, 0.717) is 31.5 Å². The quantitative estimate of drug-likeness (QED) is 0.855. The molecule has 1 aliphatic rings. The Hall–Kier alpha value is -2.24. The van der Waals surface area contributed by atoms with Crippen LogP contribution in [-0.2, 0) is 0 Å². The smallest absolute Gasteiger partial charge is 0.170 e. The number of nitrogens with one attached hydrogen (secondary N) is 1. The van der Waals surface area contributed by atoms with E-state index in [1.807, 2.05) is 17.0 Å². The maximum Gasteiger partial charge on any atom is 0.170 e. The zero-order valence-electron chi connectivity index (χ0n) is 10.2. The fourth-order valence-corrected chi connectivity index (χ4v) is 2.20. The average molecular weight is 260 g/mol. The van der Waals surface area contributed by atoms with Crippen molar-refractivity contribution in [1.82, 2.24) is 15.2 Å². The largest absolute Gasteiger partial charge is 0.354 e. The Morgan fingerprint density at radius 1 is 1.47 bits per heavy atom. The number of H-pyrrole nitrogens is 1. The monoisotopic (exact) mass is 260 g/mol. The van der Waals surface area contributed by atoms with E-state index < -0.39 is 6.17 Å². The lowest BCUT2D eigenvalue weighted by Crippen LogP contribution is -2.20. The van der Waals surface area contributed by atoms with E-state index in [0.717, 1.165) is 17.1 Å². The summed E-state index contributed by atoms with van der Waals surface area (Å²) in [7, 11) is 0. The van der Waals surface area contributed by atoms with Crippen molar-refractivity contribution in [2.24, 2.45) is 0 Å². The van der Waals surface area contributed by atoms with Gasteiger partial charge in [0.15, 0.2) is 6.29 Å². The maximum atomic E-state index is 13.1. The minimum absolute atomic E-state index is 0.360. The van der Waals surface area contributed by atoms with Gasteiger partial charge in [-0.05, 0) is 24.6 Å². The molecule has 6 heteroatoms. The molecule has 5 nitrogen and oxygen atoms in total. The molecule has 2 aromatic rings. The molecule has 0 amide bonds.